The number of hydrogen-bond acceptors (Lipinski definition) is 18. The molecule has 3 aliphatic rings. The lowest BCUT2D eigenvalue weighted by atomic mass is 9.94. The van der Waals surface area contributed by atoms with Gasteiger partial charge in [-0.15, -0.1) is 0 Å². The number of nitrogens with one attached hydrogen (secondary N) is 1. The summed E-state index contributed by atoms with van der Waals surface area (Å²) >= 11 is 0. The molecule has 15 atom stereocenters. The van der Waals surface area contributed by atoms with Gasteiger partial charge < -0.3 is 71.6 Å². The zero-order valence-electron chi connectivity index (χ0n) is 56.6. The third kappa shape index (κ3) is 19.9. The Morgan fingerprint density at radius 3 is 1.11 bits per heavy atom. The van der Waals surface area contributed by atoms with Gasteiger partial charge in [-0.25, -0.2) is 14.4 Å². The zero-order valence-corrected chi connectivity index (χ0v) is 56.6. The first-order valence-electron chi connectivity index (χ1n) is 34.2. The molecule has 0 bridgehead atoms. The molecule has 0 saturated carbocycles. The summed E-state index contributed by atoms with van der Waals surface area (Å²) in [5.74, 6) is -3.04. The van der Waals surface area contributed by atoms with E-state index in [0.29, 0.717) is 0 Å². The fraction of sp³-hybridized carbons (Fsp3) is 0.301. The molecule has 19 nitrogen and oxygen atoms in total. The average Bonchev–Trinajstić information content (AvgIpc) is 0.763. The van der Waals surface area contributed by atoms with Gasteiger partial charge in [0, 0.05) is 6.92 Å². The van der Waals surface area contributed by atoms with Crippen LogP contribution in [0.1, 0.15) is 78.3 Å². The standard InChI is InChI=1S/C83H83NO18/c1-56-70(90-49-59-32-14-4-15-33-59)74(91-50-60-34-16-5-17-35-60)77(82(96-56)95-53-63-40-22-8-23-41-63)102-83-76(93-52-62-38-20-7-21-39-62)75(92-51-61-36-18-6-19-37-61)72(67(98-83)54-89-48-58-30-12-3-13-31-58)101-81-69(84-57(2)85)73(100-80(88)66-46-28-11-29-47-66)71(99-79(87)65-44-26-10-27-45-65)68(97-81)55-94-78(86)64-42-24-9-25-43-64/h3-47,56,67-77,81-83H,48-55H2,1-2H3,(H,84,85)/t56-,67+,68+,69-,70-,71+,72+,73+,74+,75-,76+,77+,81+,82+,83+/m0/s1. The molecule has 0 aliphatic carbocycles. The van der Waals surface area contributed by atoms with Crippen LogP contribution in [0.15, 0.2) is 273 Å². The Labute approximate surface area is 593 Å². The van der Waals surface area contributed by atoms with Gasteiger partial charge in [0.15, 0.2) is 31.1 Å². The molecule has 528 valence electrons. The Kier molecular flexibility index (Phi) is 26.1. The summed E-state index contributed by atoms with van der Waals surface area (Å²) < 4.78 is 97.8. The predicted molar refractivity (Wildman–Crippen MR) is 374 cm³/mol. The lowest BCUT2D eigenvalue weighted by Crippen LogP contribution is -2.70. The lowest BCUT2D eigenvalue weighted by Gasteiger charge is -2.51. The van der Waals surface area contributed by atoms with E-state index in [0.717, 1.165) is 33.4 Å². The van der Waals surface area contributed by atoms with Crippen LogP contribution in [0.25, 0.3) is 0 Å². The van der Waals surface area contributed by atoms with E-state index in [4.69, 9.17) is 66.3 Å². The molecule has 102 heavy (non-hydrogen) atoms. The van der Waals surface area contributed by atoms with Crippen LogP contribution in [0.3, 0.4) is 0 Å². The first kappa shape index (κ1) is 72.2. The Balaban J connectivity index is 0.989. The van der Waals surface area contributed by atoms with Crippen molar-refractivity contribution in [1.29, 1.82) is 0 Å². The van der Waals surface area contributed by atoms with Crippen LogP contribution in [0.2, 0.25) is 0 Å². The molecule has 3 fully saturated rings. The molecular formula is C83H83NO18. The molecule has 9 aromatic carbocycles. The maximum Gasteiger partial charge on any atom is 0.338 e. The van der Waals surface area contributed by atoms with Crippen LogP contribution < -0.4 is 5.32 Å². The van der Waals surface area contributed by atoms with E-state index in [9.17, 15) is 19.2 Å². The van der Waals surface area contributed by atoms with Crippen LogP contribution in [0.5, 0.6) is 0 Å². The highest BCUT2D eigenvalue weighted by Gasteiger charge is 2.58. The van der Waals surface area contributed by atoms with E-state index in [2.05, 4.69) is 5.32 Å². The van der Waals surface area contributed by atoms with E-state index >= 15 is 0 Å². The monoisotopic (exact) mass is 1380 g/mol. The van der Waals surface area contributed by atoms with Gasteiger partial charge in [-0.05, 0) is 76.7 Å². The van der Waals surface area contributed by atoms with Crippen LogP contribution in [0, 0.1) is 0 Å². The topological polar surface area (TPSA) is 210 Å². The Hall–Kier alpha value is -9.58. The number of hydrogen-bond donors (Lipinski definition) is 1. The molecule has 0 radical (unpaired) electrons. The summed E-state index contributed by atoms with van der Waals surface area (Å²) in [6.45, 7) is 2.91. The van der Waals surface area contributed by atoms with Crippen molar-refractivity contribution < 1.29 is 85.5 Å². The number of rotatable bonds is 31. The maximum absolute atomic E-state index is 14.7. The number of ether oxygens (including phenoxy) is 14. The van der Waals surface area contributed by atoms with Crippen molar-refractivity contribution in [3.05, 3.63) is 323 Å². The van der Waals surface area contributed by atoms with Gasteiger partial charge in [0.1, 0.15) is 61.5 Å². The smallest absolute Gasteiger partial charge is 0.338 e. The minimum atomic E-state index is -1.70. The van der Waals surface area contributed by atoms with Crippen molar-refractivity contribution in [3.63, 3.8) is 0 Å². The molecule has 0 aromatic heterocycles. The number of carbonyl (C=O) groups is 4. The minimum Gasteiger partial charge on any atom is -0.459 e. The first-order chi connectivity index (χ1) is 50.1. The van der Waals surface area contributed by atoms with Crippen LogP contribution in [-0.2, 0) is 111 Å². The van der Waals surface area contributed by atoms with Crippen LogP contribution in [-0.4, -0.2) is 129 Å². The fourth-order valence-corrected chi connectivity index (χ4v) is 12.5. The second kappa shape index (κ2) is 36.8. The normalized spacial score (nSPS) is 24.7. The molecule has 3 heterocycles. The largest absolute Gasteiger partial charge is 0.459 e. The molecule has 1 N–H and O–H groups in total. The predicted octanol–water partition coefficient (Wildman–Crippen LogP) is 12.5. The van der Waals surface area contributed by atoms with Crippen molar-refractivity contribution in [2.45, 2.75) is 146 Å². The second-order valence-electron chi connectivity index (χ2n) is 25.0. The summed E-state index contributed by atoms with van der Waals surface area (Å²) in [5.41, 5.74) is 5.57. The summed E-state index contributed by atoms with van der Waals surface area (Å²) in [4.78, 5) is 57.3. The van der Waals surface area contributed by atoms with Gasteiger partial charge in [0.05, 0.1) is 69.0 Å². The van der Waals surface area contributed by atoms with Gasteiger partial charge in [0.25, 0.3) is 0 Å². The van der Waals surface area contributed by atoms with E-state index in [-0.39, 0.29) is 62.9 Å². The van der Waals surface area contributed by atoms with Crippen molar-refractivity contribution in [3.8, 4) is 0 Å². The van der Waals surface area contributed by atoms with E-state index in [1.807, 2.05) is 189 Å². The number of amides is 1. The SMILES string of the molecule is CC(=O)N[C@@H]1[C@@H](O[C@H]2[C@H](OCc3ccccc3)[C@@H](OCc3ccccc3)[C@@H](O[C@H]3[C@H](OCc4ccccc4)O[C@@H](C)[C@H](OCc4ccccc4)[C@H]3OCc3ccccc3)O[C@@H]2COCc2ccccc2)O[C@H](COC(=O)c2ccccc2)[C@@H](OC(=O)c2ccccc2)[C@@H]1OC(=O)c1ccccc1. The highest BCUT2D eigenvalue weighted by atomic mass is 16.8. The summed E-state index contributed by atoms with van der Waals surface area (Å²) in [5, 5.41) is 2.95. The average molecular weight is 1380 g/mol. The van der Waals surface area contributed by atoms with Crippen molar-refractivity contribution >= 4 is 23.8 Å². The molecule has 3 saturated heterocycles. The molecule has 0 spiro atoms. The Bertz CT molecular complexity index is 3990. The fourth-order valence-electron chi connectivity index (χ4n) is 12.5. The highest BCUT2D eigenvalue weighted by Crippen LogP contribution is 2.39. The number of carbonyl (C=O) groups excluding carboxylic acids is 4. The molecule has 9 aromatic rings. The van der Waals surface area contributed by atoms with Gasteiger partial charge in [0.2, 0.25) is 5.91 Å². The quantitative estimate of drug-likeness (QED) is 0.0316. The summed E-state index contributed by atoms with van der Waals surface area (Å²) in [6.07, 6.45) is -17.6. The summed E-state index contributed by atoms with van der Waals surface area (Å²) in [7, 11) is 0. The minimum absolute atomic E-state index is 0.0139. The van der Waals surface area contributed by atoms with Gasteiger partial charge in [-0.3, -0.25) is 4.79 Å². The lowest BCUT2D eigenvalue weighted by molar-refractivity contribution is -0.391. The van der Waals surface area contributed by atoms with E-state index < -0.39 is 122 Å². The molecule has 19 heteroatoms. The first-order valence-corrected chi connectivity index (χ1v) is 34.2. The number of esters is 3. The summed E-state index contributed by atoms with van der Waals surface area (Å²) in [6, 6.07) is 81.2. The number of benzene rings is 9. The highest BCUT2D eigenvalue weighted by molar-refractivity contribution is 5.91. The van der Waals surface area contributed by atoms with Gasteiger partial charge in [-0.1, -0.05) is 237 Å². The van der Waals surface area contributed by atoms with Crippen LogP contribution >= 0.6 is 0 Å². The van der Waals surface area contributed by atoms with E-state index in [1.54, 1.807) is 91.0 Å². The second-order valence-corrected chi connectivity index (χ2v) is 25.0. The van der Waals surface area contributed by atoms with Crippen molar-refractivity contribution in [2.24, 2.45) is 0 Å². The maximum atomic E-state index is 14.7. The van der Waals surface area contributed by atoms with Crippen molar-refractivity contribution in [1.82, 2.24) is 5.32 Å². The van der Waals surface area contributed by atoms with Gasteiger partial charge >= 0.3 is 17.9 Å². The molecular weight excluding hydrogens is 1300 g/mol. The van der Waals surface area contributed by atoms with Gasteiger partial charge in [-0.2, -0.15) is 0 Å². The van der Waals surface area contributed by atoms with E-state index in [1.165, 1.54) is 6.92 Å². The molecule has 0 unspecified atom stereocenters. The van der Waals surface area contributed by atoms with Crippen LogP contribution in [0.4, 0.5) is 0 Å². The Morgan fingerprint density at radius 2 is 0.667 bits per heavy atom. The molecule has 3 aliphatic heterocycles. The zero-order chi connectivity index (χ0) is 70.2. The third-order valence-corrected chi connectivity index (χ3v) is 17.6. The third-order valence-electron chi connectivity index (χ3n) is 17.6. The van der Waals surface area contributed by atoms with Crippen molar-refractivity contribution in [2.75, 3.05) is 13.2 Å². The molecule has 1 amide bonds. The Morgan fingerprint density at radius 1 is 0.324 bits per heavy atom. The molecule has 12 rings (SSSR count).